The number of aliphatic carboxylic acids is 1. The average Bonchev–Trinajstić information content (AvgIpc) is 2.66. The van der Waals surface area contributed by atoms with Gasteiger partial charge in [0, 0.05) is 13.1 Å². The van der Waals surface area contributed by atoms with Gasteiger partial charge in [0.1, 0.15) is 0 Å². The molecule has 1 aliphatic heterocycles. The summed E-state index contributed by atoms with van der Waals surface area (Å²) in [6, 6.07) is 6.46. The Morgan fingerprint density at radius 1 is 1.44 bits per heavy atom. The Morgan fingerprint density at radius 3 is 2.72 bits per heavy atom. The lowest BCUT2D eigenvalue weighted by molar-refractivity contribution is -0.147. The number of carboxylic acids is 1. The molecule has 0 aromatic heterocycles. The van der Waals surface area contributed by atoms with Crippen molar-refractivity contribution in [2.24, 2.45) is 5.41 Å². The van der Waals surface area contributed by atoms with Crippen molar-refractivity contribution in [2.75, 3.05) is 13.1 Å². The van der Waals surface area contributed by atoms with E-state index in [-0.39, 0.29) is 0 Å². The molecule has 0 saturated carbocycles. The molecule has 1 aromatic carbocycles. The molecule has 3 nitrogen and oxygen atoms in total. The van der Waals surface area contributed by atoms with Crippen LogP contribution in [0.3, 0.4) is 0 Å². The SMILES string of the molecule is Cc1ccc(CN2CCC(C)(C(=O)O)C2)c(C)c1. The van der Waals surface area contributed by atoms with Crippen LogP contribution in [0.25, 0.3) is 0 Å². The van der Waals surface area contributed by atoms with Gasteiger partial charge >= 0.3 is 5.97 Å². The molecule has 0 bridgehead atoms. The number of carboxylic acid groups (broad SMARTS) is 1. The molecule has 0 radical (unpaired) electrons. The van der Waals surface area contributed by atoms with E-state index in [1.165, 1.54) is 16.7 Å². The first kappa shape index (κ1) is 13.1. The second-order valence-electron chi connectivity index (χ2n) is 5.76. The zero-order chi connectivity index (χ0) is 13.3. The number of carbonyl (C=O) groups is 1. The Balaban J connectivity index is 2.06. The maximum atomic E-state index is 11.2. The molecule has 98 valence electrons. The quantitative estimate of drug-likeness (QED) is 0.892. The Bertz CT molecular complexity index is 470. The molecule has 0 aliphatic carbocycles. The molecule has 1 unspecified atom stereocenters. The van der Waals surface area contributed by atoms with Crippen molar-refractivity contribution >= 4 is 5.97 Å². The van der Waals surface area contributed by atoms with Crippen molar-refractivity contribution in [1.29, 1.82) is 0 Å². The Labute approximate surface area is 108 Å². The molecule has 1 N–H and O–H groups in total. The summed E-state index contributed by atoms with van der Waals surface area (Å²) in [7, 11) is 0. The van der Waals surface area contributed by atoms with E-state index >= 15 is 0 Å². The molecule has 1 aromatic rings. The summed E-state index contributed by atoms with van der Waals surface area (Å²) in [6.45, 7) is 8.43. The molecule has 1 heterocycles. The van der Waals surface area contributed by atoms with Crippen molar-refractivity contribution in [3.8, 4) is 0 Å². The highest BCUT2D eigenvalue weighted by atomic mass is 16.4. The maximum Gasteiger partial charge on any atom is 0.310 e. The van der Waals surface area contributed by atoms with E-state index in [1.54, 1.807) is 0 Å². The van der Waals surface area contributed by atoms with Crippen molar-refractivity contribution < 1.29 is 9.90 Å². The van der Waals surface area contributed by atoms with Gasteiger partial charge in [-0.15, -0.1) is 0 Å². The van der Waals surface area contributed by atoms with E-state index in [4.69, 9.17) is 0 Å². The van der Waals surface area contributed by atoms with E-state index < -0.39 is 11.4 Å². The van der Waals surface area contributed by atoms with Crippen LogP contribution in [0.1, 0.15) is 30.0 Å². The number of benzene rings is 1. The average molecular weight is 247 g/mol. The monoisotopic (exact) mass is 247 g/mol. The van der Waals surface area contributed by atoms with Crippen LogP contribution < -0.4 is 0 Å². The molecule has 1 aliphatic rings. The van der Waals surface area contributed by atoms with Gasteiger partial charge in [0.15, 0.2) is 0 Å². The summed E-state index contributed by atoms with van der Waals surface area (Å²) in [4.78, 5) is 13.4. The van der Waals surface area contributed by atoms with Gasteiger partial charge in [-0.3, -0.25) is 9.69 Å². The Kier molecular flexibility index (Phi) is 3.44. The number of likely N-dealkylation sites (tertiary alicyclic amines) is 1. The van der Waals surface area contributed by atoms with E-state index in [9.17, 15) is 9.90 Å². The van der Waals surface area contributed by atoms with Crippen molar-refractivity contribution in [3.63, 3.8) is 0 Å². The molecular formula is C15H21NO2. The van der Waals surface area contributed by atoms with Crippen LogP contribution in [0.4, 0.5) is 0 Å². The Hall–Kier alpha value is -1.35. The second kappa shape index (κ2) is 4.73. The normalized spacial score (nSPS) is 24.4. The van der Waals surface area contributed by atoms with E-state index in [1.807, 2.05) is 6.92 Å². The molecule has 0 amide bonds. The van der Waals surface area contributed by atoms with Crippen molar-refractivity contribution in [3.05, 3.63) is 34.9 Å². The van der Waals surface area contributed by atoms with Crippen molar-refractivity contribution in [2.45, 2.75) is 33.7 Å². The minimum absolute atomic E-state index is 0.571. The van der Waals surface area contributed by atoms with Crippen molar-refractivity contribution in [1.82, 2.24) is 4.90 Å². The first-order valence-corrected chi connectivity index (χ1v) is 6.43. The van der Waals surface area contributed by atoms with E-state index in [0.29, 0.717) is 6.54 Å². The van der Waals surface area contributed by atoms with Gasteiger partial charge in [-0.2, -0.15) is 0 Å². The minimum atomic E-state index is -0.675. The van der Waals surface area contributed by atoms with Gasteiger partial charge in [-0.25, -0.2) is 0 Å². The lowest BCUT2D eigenvalue weighted by atomic mass is 9.90. The summed E-state index contributed by atoms with van der Waals surface area (Å²) in [5, 5.41) is 9.22. The first-order valence-electron chi connectivity index (χ1n) is 6.43. The third-order valence-corrected chi connectivity index (χ3v) is 3.96. The molecule has 0 spiro atoms. The predicted molar refractivity (Wildman–Crippen MR) is 71.6 cm³/mol. The minimum Gasteiger partial charge on any atom is -0.481 e. The third kappa shape index (κ3) is 2.56. The van der Waals surface area contributed by atoms with Gasteiger partial charge in [0.2, 0.25) is 0 Å². The summed E-state index contributed by atoms with van der Waals surface area (Å²) < 4.78 is 0. The van der Waals surface area contributed by atoms with Crippen LogP contribution in [-0.4, -0.2) is 29.1 Å². The topological polar surface area (TPSA) is 40.5 Å². The molecule has 1 atom stereocenters. The van der Waals surface area contributed by atoms with Crippen LogP contribution in [0.5, 0.6) is 0 Å². The fourth-order valence-electron chi connectivity index (χ4n) is 2.63. The van der Waals surface area contributed by atoms with Crippen LogP contribution >= 0.6 is 0 Å². The number of nitrogens with zero attached hydrogens (tertiary/aromatic N) is 1. The standard InChI is InChI=1S/C15H21NO2/c1-11-4-5-13(12(2)8-11)9-16-7-6-15(3,10-16)14(17)18/h4-5,8H,6-7,9-10H2,1-3H3,(H,17,18). The van der Waals surface area contributed by atoms with Crippen LogP contribution in [0.15, 0.2) is 18.2 Å². The highest BCUT2D eigenvalue weighted by Crippen LogP contribution is 2.31. The summed E-state index contributed by atoms with van der Waals surface area (Å²) in [5.74, 6) is -0.675. The lowest BCUT2D eigenvalue weighted by Crippen LogP contribution is -2.31. The highest BCUT2D eigenvalue weighted by Gasteiger charge is 2.40. The first-order chi connectivity index (χ1) is 8.40. The summed E-state index contributed by atoms with van der Waals surface area (Å²) in [6.07, 6.45) is 0.743. The number of rotatable bonds is 3. The lowest BCUT2D eigenvalue weighted by Gasteiger charge is -2.21. The number of hydrogen-bond acceptors (Lipinski definition) is 2. The molecular weight excluding hydrogens is 226 g/mol. The van der Waals surface area contributed by atoms with E-state index in [2.05, 4.69) is 36.9 Å². The summed E-state index contributed by atoms with van der Waals surface area (Å²) in [5.41, 5.74) is 3.29. The van der Waals surface area contributed by atoms with Crippen LogP contribution in [0, 0.1) is 19.3 Å². The third-order valence-electron chi connectivity index (χ3n) is 3.96. The van der Waals surface area contributed by atoms with Gasteiger partial charge < -0.3 is 5.11 Å². The van der Waals surface area contributed by atoms with Gasteiger partial charge in [0.05, 0.1) is 5.41 Å². The molecule has 2 rings (SSSR count). The number of aryl methyl sites for hydroxylation is 2. The molecule has 3 heteroatoms. The van der Waals surface area contributed by atoms with Crippen LogP contribution in [-0.2, 0) is 11.3 Å². The van der Waals surface area contributed by atoms with E-state index in [0.717, 1.165) is 19.5 Å². The predicted octanol–water partition coefficient (Wildman–Crippen LogP) is 2.60. The van der Waals surface area contributed by atoms with Gasteiger partial charge in [0.25, 0.3) is 0 Å². The largest absolute Gasteiger partial charge is 0.481 e. The summed E-state index contributed by atoms with van der Waals surface area (Å²) >= 11 is 0. The molecule has 18 heavy (non-hydrogen) atoms. The zero-order valence-corrected chi connectivity index (χ0v) is 11.4. The molecule has 1 fully saturated rings. The molecule has 1 saturated heterocycles. The second-order valence-corrected chi connectivity index (χ2v) is 5.76. The fourth-order valence-corrected chi connectivity index (χ4v) is 2.63. The van der Waals surface area contributed by atoms with Gasteiger partial charge in [-0.1, -0.05) is 23.8 Å². The Morgan fingerprint density at radius 2 is 2.17 bits per heavy atom. The zero-order valence-electron chi connectivity index (χ0n) is 11.4. The fraction of sp³-hybridized carbons (Fsp3) is 0.533. The van der Waals surface area contributed by atoms with Gasteiger partial charge in [-0.05, 0) is 44.9 Å². The van der Waals surface area contributed by atoms with Crippen LogP contribution in [0.2, 0.25) is 0 Å². The smallest absolute Gasteiger partial charge is 0.310 e. The number of hydrogen-bond donors (Lipinski definition) is 1. The maximum absolute atomic E-state index is 11.2. The highest BCUT2D eigenvalue weighted by molar-refractivity contribution is 5.74.